The molecule has 0 spiro atoms. The fourth-order valence-electron chi connectivity index (χ4n) is 3.75. The molecule has 2 heterocycles. The first-order valence-electron chi connectivity index (χ1n) is 9.49. The monoisotopic (exact) mass is 371 g/mol. The molecule has 6 heteroatoms. The number of phenolic OH excluding ortho intramolecular Hbond substituents is 1. The van der Waals surface area contributed by atoms with Gasteiger partial charge in [-0.1, -0.05) is 0 Å². The number of aromatic nitrogens is 2. The van der Waals surface area contributed by atoms with Crippen molar-refractivity contribution in [2.45, 2.75) is 73.1 Å². The summed E-state index contributed by atoms with van der Waals surface area (Å²) in [6, 6.07) is 0. The van der Waals surface area contributed by atoms with Crippen LogP contribution in [0.25, 0.3) is 0 Å². The number of aromatic hydroxyl groups is 1. The van der Waals surface area contributed by atoms with Crippen molar-refractivity contribution in [3.63, 3.8) is 0 Å². The number of carbonyl (C=O) groups excluding carboxylic acids is 1. The maximum Gasteiger partial charge on any atom is 0.264 e. The van der Waals surface area contributed by atoms with E-state index >= 15 is 0 Å². The third-order valence-corrected chi connectivity index (χ3v) is 5.94. The number of hydrogen-bond donors (Lipinski definition) is 2. The van der Waals surface area contributed by atoms with E-state index in [0.717, 1.165) is 45.8 Å². The van der Waals surface area contributed by atoms with Gasteiger partial charge in [0.05, 0.1) is 6.20 Å². The molecule has 0 bridgehead atoms. The molecule has 0 radical (unpaired) electrons. The molecule has 1 aromatic carbocycles. The molecular weight excluding hydrogens is 342 g/mol. The van der Waals surface area contributed by atoms with Gasteiger partial charge in [0.1, 0.15) is 11.5 Å². The van der Waals surface area contributed by atoms with Gasteiger partial charge >= 0.3 is 0 Å². The third kappa shape index (κ3) is 3.17. The van der Waals surface area contributed by atoms with Gasteiger partial charge in [0.25, 0.3) is 5.91 Å². The summed E-state index contributed by atoms with van der Waals surface area (Å²) in [6.07, 6.45) is 3.08. The number of ether oxygens (including phenoxy) is 1. The highest BCUT2D eigenvalue weighted by Crippen LogP contribution is 2.43. The predicted molar refractivity (Wildman–Crippen MR) is 104 cm³/mol. The Morgan fingerprint density at radius 2 is 2.00 bits per heavy atom. The molecule has 3 rings (SSSR count). The minimum Gasteiger partial charge on any atom is -0.507 e. The van der Waals surface area contributed by atoms with E-state index in [4.69, 9.17) is 4.74 Å². The van der Waals surface area contributed by atoms with Crippen LogP contribution in [-0.2, 0) is 24.3 Å². The van der Waals surface area contributed by atoms with Crippen LogP contribution in [0.1, 0.15) is 53.8 Å². The molecule has 1 aromatic heterocycles. The van der Waals surface area contributed by atoms with E-state index in [1.165, 1.54) is 0 Å². The minimum absolute atomic E-state index is 0.125. The molecule has 0 aliphatic carbocycles. The Hall–Kier alpha value is -2.50. The number of nitrogens with one attached hydrogen (secondary N) is 1. The first-order chi connectivity index (χ1) is 12.7. The number of nitrogens with zero attached hydrogens (tertiary/aromatic N) is 2. The number of amides is 1. The molecule has 2 aromatic rings. The molecule has 1 aliphatic heterocycles. The van der Waals surface area contributed by atoms with Gasteiger partial charge in [-0.25, -0.2) is 0 Å². The Bertz CT molecular complexity index is 901. The summed E-state index contributed by atoms with van der Waals surface area (Å²) in [6.45, 7) is 12.8. The molecule has 27 heavy (non-hydrogen) atoms. The fraction of sp³-hybridized carbons (Fsp3) is 0.524. The number of phenols is 1. The predicted octanol–water partition coefficient (Wildman–Crippen LogP) is 3.24. The maximum absolute atomic E-state index is 12.9. The first-order valence-corrected chi connectivity index (χ1v) is 9.49. The molecule has 146 valence electrons. The lowest BCUT2D eigenvalue weighted by molar-refractivity contribution is -0.137. The van der Waals surface area contributed by atoms with Crippen molar-refractivity contribution in [3.05, 3.63) is 39.7 Å². The van der Waals surface area contributed by atoms with E-state index in [2.05, 4.69) is 10.4 Å². The van der Waals surface area contributed by atoms with Crippen molar-refractivity contribution >= 4 is 5.91 Å². The lowest BCUT2D eigenvalue weighted by Crippen LogP contribution is -2.50. The quantitative estimate of drug-likeness (QED) is 0.865. The molecular formula is C21H29N3O3. The van der Waals surface area contributed by atoms with Gasteiger partial charge in [-0.2, -0.15) is 5.10 Å². The van der Waals surface area contributed by atoms with Gasteiger partial charge in [0, 0.05) is 36.3 Å². The Kier molecular flexibility index (Phi) is 4.93. The van der Waals surface area contributed by atoms with Crippen LogP contribution in [0.4, 0.5) is 0 Å². The lowest BCUT2D eigenvalue weighted by atomic mass is 9.86. The van der Waals surface area contributed by atoms with Gasteiger partial charge in [-0.3, -0.25) is 9.48 Å². The van der Waals surface area contributed by atoms with Gasteiger partial charge in [-0.05, 0) is 64.7 Å². The maximum atomic E-state index is 12.9. The van der Waals surface area contributed by atoms with Crippen LogP contribution in [0.3, 0.4) is 0 Å². The zero-order valence-corrected chi connectivity index (χ0v) is 17.1. The van der Waals surface area contributed by atoms with Crippen molar-refractivity contribution in [3.8, 4) is 11.5 Å². The van der Waals surface area contributed by atoms with E-state index in [-0.39, 0.29) is 5.91 Å². The highest BCUT2D eigenvalue weighted by atomic mass is 16.5. The molecule has 0 saturated carbocycles. The largest absolute Gasteiger partial charge is 0.507 e. The molecule has 0 fully saturated rings. The fourth-order valence-corrected chi connectivity index (χ4v) is 3.75. The summed E-state index contributed by atoms with van der Waals surface area (Å²) >= 11 is 0. The normalized spacial score (nSPS) is 18.7. The summed E-state index contributed by atoms with van der Waals surface area (Å²) < 4.78 is 8.14. The van der Waals surface area contributed by atoms with Crippen molar-refractivity contribution in [1.82, 2.24) is 15.1 Å². The van der Waals surface area contributed by atoms with Gasteiger partial charge < -0.3 is 15.2 Å². The highest BCUT2D eigenvalue weighted by Gasteiger charge is 2.40. The summed E-state index contributed by atoms with van der Waals surface area (Å²) in [5.41, 5.74) is 4.69. The van der Waals surface area contributed by atoms with Crippen LogP contribution in [0.15, 0.2) is 6.20 Å². The second-order valence-corrected chi connectivity index (χ2v) is 7.62. The SMILES string of the molecule is CCn1ncc(CNC(=O)C2(C)CCc3c(C)c(O)c(C)c(C)c3O2)c1C. The summed E-state index contributed by atoms with van der Waals surface area (Å²) in [4.78, 5) is 12.9. The van der Waals surface area contributed by atoms with Crippen LogP contribution in [-0.4, -0.2) is 26.4 Å². The zero-order valence-electron chi connectivity index (χ0n) is 17.1. The highest BCUT2D eigenvalue weighted by molar-refractivity contribution is 5.85. The molecule has 6 nitrogen and oxygen atoms in total. The molecule has 1 amide bonds. The number of hydrogen-bond acceptors (Lipinski definition) is 4. The van der Waals surface area contributed by atoms with Crippen LogP contribution in [0, 0.1) is 27.7 Å². The number of fused-ring (bicyclic) bond motifs is 1. The number of benzene rings is 1. The van der Waals surface area contributed by atoms with E-state index < -0.39 is 5.60 Å². The zero-order chi connectivity index (χ0) is 19.9. The molecule has 2 N–H and O–H groups in total. The smallest absolute Gasteiger partial charge is 0.264 e. The van der Waals surface area contributed by atoms with E-state index in [1.807, 2.05) is 46.2 Å². The average Bonchev–Trinajstić information content (AvgIpc) is 3.02. The summed E-state index contributed by atoms with van der Waals surface area (Å²) in [7, 11) is 0. The molecule has 1 unspecified atom stereocenters. The van der Waals surface area contributed by atoms with E-state index in [9.17, 15) is 9.90 Å². The first kappa shape index (κ1) is 19.3. The minimum atomic E-state index is -0.928. The molecule has 1 atom stereocenters. The average molecular weight is 371 g/mol. The van der Waals surface area contributed by atoms with Crippen LogP contribution < -0.4 is 10.1 Å². The van der Waals surface area contributed by atoms with Gasteiger partial charge in [-0.15, -0.1) is 0 Å². The van der Waals surface area contributed by atoms with Crippen molar-refractivity contribution in [2.75, 3.05) is 0 Å². The van der Waals surface area contributed by atoms with Crippen molar-refractivity contribution in [2.24, 2.45) is 0 Å². The Balaban J connectivity index is 1.80. The van der Waals surface area contributed by atoms with Crippen molar-refractivity contribution in [1.29, 1.82) is 0 Å². The number of aryl methyl sites for hydroxylation is 1. The second-order valence-electron chi connectivity index (χ2n) is 7.62. The van der Waals surface area contributed by atoms with E-state index in [0.29, 0.717) is 25.1 Å². The van der Waals surface area contributed by atoms with E-state index in [1.54, 1.807) is 6.20 Å². The second kappa shape index (κ2) is 6.91. The summed E-state index contributed by atoms with van der Waals surface area (Å²) in [5.74, 6) is 0.938. The standard InChI is InChI=1S/C21H29N3O3/c1-7-24-15(5)16(11-23-24)10-22-20(26)21(6)9-8-17-14(4)18(25)12(2)13(3)19(17)27-21/h11,25H,7-10H2,1-6H3,(H,22,26). The van der Waals surface area contributed by atoms with Crippen molar-refractivity contribution < 1.29 is 14.6 Å². The lowest BCUT2D eigenvalue weighted by Gasteiger charge is -2.36. The summed E-state index contributed by atoms with van der Waals surface area (Å²) in [5, 5.41) is 17.6. The molecule has 1 aliphatic rings. The van der Waals surface area contributed by atoms with Crippen LogP contribution >= 0.6 is 0 Å². The topological polar surface area (TPSA) is 76.4 Å². The van der Waals surface area contributed by atoms with Gasteiger partial charge in [0.15, 0.2) is 5.60 Å². The van der Waals surface area contributed by atoms with Gasteiger partial charge in [0.2, 0.25) is 0 Å². The molecule has 0 saturated heterocycles. The number of rotatable bonds is 4. The Labute approximate surface area is 160 Å². The number of carbonyl (C=O) groups is 1. The van der Waals surface area contributed by atoms with Crippen LogP contribution in [0.2, 0.25) is 0 Å². The third-order valence-electron chi connectivity index (χ3n) is 5.94. The Morgan fingerprint density at radius 1 is 1.30 bits per heavy atom. The van der Waals surface area contributed by atoms with Crippen LogP contribution in [0.5, 0.6) is 11.5 Å². The Morgan fingerprint density at radius 3 is 2.63 bits per heavy atom.